The van der Waals surface area contributed by atoms with Crippen molar-refractivity contribution in [2.45, 2.75) is 33.2 Å². The molecule has 2 aromatic heterocycles. The van der Waals surface area contributed by atoms with Crippen LogP contribution in [0.4, 0.5) is 5.69 Å². The standard InChI is InChI=1S/C20H21ClN4O2/c1-4-13(3)22-20(27)18-24-17(16-7-5-6-10-25(16)18)19(26)23-14-9-8-12(2)15(21)11-14/h5-11,13H,4H2,1-3H3,(H,22,27)(H,23,26). The van der Waals surface area contributed by atoms with E-state index in [1.807, 2.05) is 26.8 Å². The zero-order valence-corrected chi connectivity index (χ0v) is 16.2. The molecule has 0 aliphatic rings. The van der Waals surface area contributed by atoms with Gasteiger partial charge in [0.05, 0.1) is 5.52 Å². The third-order valence-corrected chi connectivity index (χ3v) is 4.79. The maximum atomic E-state index is 12.8. The van der Waals surface area contributed by atoms with Crippen LogP contribution in [0.1, 0.15) is 46.9 Å². The van der Waals surface area contributed by atoms with Crippen LogP contribution in [-0.2, 0) is 0 Å². The Morgan fingerprint density at radius 1 is 1.22 bits per heavy atom. The first-order chi connectivity index (χ1) is 12.9. The van der Waals surface area contributed by atoms with E-state index in [0.29, 0.717) is 16.2 Å². The van der Waals surface area contributed by atoms with Gasteiger partial charge in [0.1, 0.15) is 0 Å². The monoisotopic (exact) mass is 384 g/mol. The van der Waals surface area contributed by atoms with Crippen molar-refractivity contribution in [2.24, 2.45) is 0 Å². The fraction of sp³-hybridized carbons (Fsp3) is 0.250. The number of nitrogens with one attached hydrogen (secondary N) is 2. The van der Waals surface area contributed by atoms with Crippen LogP contribution in [0.15, 0.2) is 42.6 Å². The summed E-state index contributed by atoms with van der Waals surface area (Å²) >= 11 is 6.12. The summed E-state index contributed by atoms with van der Waals surface area (Å²) < 4.78 is 1.62. The molecule has 0 bridgehead atoms. The van der Waals surface area contributed by atoms with E-state index in [1.165, 1.54) is 0 Å². The summed E-state index contributed by atoms with van der Waals surface area (Å²) in [7, 11) is 0. The summed E-state index contributed by atoms with van der Waals surface area (Å²) in [6.07, 6.45) is 2.52. The number of hydrogen-bond donors (Lipinski definition) is 2. The Bertz CT molecular complexity index is 1010. The molecule has 3 rings (SSSR count). The number of imidazole rings is 1. The van der Waals surface area contributed by atoms with E-state index in [9.17, 15) is 9.59 Å². The highest BCUT2D eigenvalue weighted by atomic mass is 35.5. The van der Waals surface area contributed by atoms with Crippen molar-refractivity contribution in [1.29, 1.82) is 0 Å². The summed E-state index contributed by atoms with van der Waals surface area (Å²) in [6.45, 7) is 5.79. The van der Waals surface area contributed by atoms with Crippen LogP contribution in [-0.4, -0.2) is 27.2 Å². The average Bonchev–Trinajstić information content (AvgIpc) is 3.04. The Balaban J connectivity index is 1.95. The van der Waals surface area contributed by atoms with E-state index in [2.05, 4.69) is 15.6 Å². The minimum absolute atomic E-state index is 0.0144. The molecule has 2 heterocycles. The van der Waals surface area contributed by atoms with Crippen LogP contribution in [0, 0.1) is 6.92 Å². The molecule has 3 aromatic rings. The Kier molecular flexibility index (Phi) is 5.46. The molecule has 1 aromatic carbocycles. The molecule has 1 unspecified atom stereocenters. The van der Waals surface area contributed by atoms with E-state index >= 15 is 0 Å². The van der Waals surface area contributed by atoms with Crippen LogP contribution >= 0.6 is 11.6 Å². The van der Waals surface area contributed by atoms with Crippen molar-refractivity contribution in [3.8, 4) is 0 Å². The number of carbonyl (C=O) groups is 2. The Labute approximate surface area is 162 Å². The van der Waals surface area contributed by atoms with E-state index < -0.39 is 5.91 Å². The lowest BCUT2D eigenvalue weighted by Gasteiger charge is -2.10. The van der Waals surface area contributed by atoms with E-state index in [1.54, 1.807) is 40.9 Å². The van der Waals surface area contributed by atoms with Crippen molar-refractivity contribution >= 4 is 34.6 Å². The number of rotatable bonds is 5. The van der Waals surface area contributed by atoms with Crippen molar-refractivity contribution < 1.29 is 9.59 Å². The molecule has 0 radical (unpaired) electrons. The van der Waals surface area contributed by atoms with Crippen LogP contribution in [0.3, 0.4) is 0 Å². The SMILES string of the molecule is CCC(C)NC(=O)c1nc(C(=O)Nc2ccc(C)c(Cl)c2)c2ccccn12. The van der Waals surface area contributed by atoms with Crippen LogP contribution < -0.4 is 10.6 Å². The molecule has 0 saturated heterocycles. The van der Waals surface area contributed by atoms with Crippen molar-refractivity contribution in [1.82, 2.24) is 14.7 Å². The average molecular weight is 385 g/mol. The minimum Gasteiger partial charge on any atom is -0.347 e. The molecule has 0 aliphatic carbocycles. The molecule has 6 nitrogen and oxygen atoms in total. The molecular weight excluding hydrogens is 364 g/mol. The lowest BCUT2D eigenvalue weighted by atomic mass is 10.2. The second-order valence-electron chi connectivity index (χ2n) is 6.44. The molecule has 0 spiro atoms. The first-order valence-corrected chi connectivity index (χ1v) is 9.14. The molecule has 1 atom stereocenters. The van der Waals surface area contributed by atoms with Crippen LogP contribution in [0.25, 0.3) is 5.52 Å². The summed E-state index contributed by atoms with van der Waals surface area (Å²) in [5, 5.41) is 6.24. The minimum atomic E-state index is -0.402. The molecule has 2 N–H and O–H groups in total. The van der Waals surface area contributed by atoms with E-state index in [4.69, 9.17) is 11.6 Å². The maximum Gasteiger partial charge on any atom is 0.287 e. The Morgan fingerprint density at radius 2 is 2.00 bits per heavy atom. The number of pyridine rings is 1. The molecule has 27 heavy (non-hydrogen) atoms. The van der Waals surface area contributed by atoms with Crippen molar-refractivity contribution in [3.05, 3.63) is 64.7 Å². The Hall–Kier alpha value is -2.86. The summed E-state index contributed by atoms with van der Waals surface area (Å²) in [4.78, 5) is 29.7. The number of halogens is 1. The summed E-state index contributed by atoms with van der Waals surface area (Å²) in [5.41, 5.74) is 2.23. The fourth-order valence-electron chi connectivity index (χ4n) is 2.62. The number of aromatic nitrogens is 2. The molecule has 0 saturated carbocycles. The van der Waals surface area contributed by atoms with E-state index in [0.717, 1.165) is 12.0 Å². The number of fused-ring (bicyclic) bond motifs is 1. The zero-order valence-electron chi connectivity index (χ0n) is 15.4. The van der Waals surface area contributed by atoms with Gasteiger partial charge >= 0.3 is 0 Å². The maximum absolute atomic E-state index is 12.8. The molecule has 140 valence electrons. The van der Waals surface area contributed by atoms with Gasteiger partial charge in [-0.2, -0.15) is 0 Å². The fourth-order valence-corrected chi connectivity index (χ4v) is 2.80. The second-order valence-corrected chi connectivity index (χ2v) is 6.85. The second kappa shape index (κ2) is 7.80. The van der Waals surface area contributed by atoms with Gasteiger partial charge in [-0.3, -0.25) is 14.0 Å². The molecule has 7 heteroatoms. The van der Waals surface area contributed by atoms with Crippen molar-refractivity contribution in [2.75, 3.05) is 5.32 Å². The number of hydrogen-bond acceptors (Lipinski definition) is 3. The van der Waals surface area contributed by atoms with Gasteiger partial charge in [-0.15, -0.1) is 0 Å². The lowest BCUT2D eigenvalue weighted by molar-refractivity contribution is 0.0928. The van der Waals surface area contributed by atoms with Gasteiger partial charge in [-0.25, -0.2) is 4.98 Å². The highest BCUT2D eigenvalue weighted by molar-refractivity contribution is 6.31. The predicted molar refractivity (Wildman–Crippen MR) is 107 cm³/mol. The number of aryl methyl sites for hydroxylation is 1. The highest BCUT2D eigenvalue weighted by Gasteiger charge is 2.22. The number of benzene rings is 1. The smallest absolute Gasteiger partial charge is 0.287 e. The van der Waals surface area contributed by atoms with E-state index in [-0.39, 0.29) is 23.5 Å². The van der Waals surface area contributed by atoms with Gasteiger partial charge < -0.3 is 10.6 Å². The van der Waals surface area contributed by atoms with Gasteiger partial charge in [-0.1, -0.05) is 30.7 Å². The highest BCUT2D eigenvalue weighted by Crippen LogP contribution is 2.21. The summed E-state index contributed by atoms with van der Waals surface area (Å²) in [6, 6.07) is 10.6. The quantitative estimate of drug-likeness (QED) is 0.696. The largest absolute Gasteiger partial charge is 0.347 e. The third kappa shape index (κ3) is 3.95. The topological polar surface area (TPSA) is 75.5 Å². The number of carbonyl (C=O) groups excluding carboxylic acids is 2. The normalized spacial score (nSPS) is 12.0. The van der Waals surface area contributed by atoms with Gasteiger partial charge in [-0.05, 0) is 50.1 Å². The first kappa shape index (κ1) is 18.9. The van der Waals surface area contributed by atoms with Crippen LogP contribution in [0.2, 0.25) is 5.02 Å². The molecule has 2 amide bonds. The van der Waals surface area contributed by atoms with Gasteiger partial charge in [0.25, 0.3) is 11.8 Å². The van der Waals surface area contributed by atoms with Crippen molar-refractivity contribution in [3.63, 3.8) is 0 Å². The molecule has 0 aliphatic heterocycles. The third-order valence-electron chi connectivity index (χ3n) is 4.39. The van der Waals surface area contributed by atoms with Crippen LogP contribution in [0.5, 0.6) is 0 Å². The lowest BCUT2D eigenvalue weighted by Crippen LogP contribution is -2.33. The molecule has 0 fully saturated rings. The first-order valence-electron chi connectivity index (χ1n) is 8.76. The molecular formula is C20H21ClN4O2. The number of amides is 2. The van der Waals surface area contributed by atoms with Gasteiger partial charge in [0, 0.05) is 22.9 Å². The predicted octanol–water partition coefficient (Wildman–Crippen LogP) is 4.08. The van der Waals surface area contributed by atoms with Gasteiger partial charge in [0.2, 0.25) is 5.82 Å². The number of nitrogens with zero attached hydrogens (tertiary/aromatic N) is 2. The zero-order chi connectivity index (χ0) is 19.6. The summed E-state index contributed by atoms with van der Waals surface area (Å²) in [5.74, 6) is -0.540. The Morgan fingerprint density at radius 3 is 2.70 bits per heavy atom. The van der Waals surface area contributed by atoms with Gasteiger partial charge in [0.15, 0.2) is 5.69 Å². The number of anilines is 1.